The third-order valence-corrected chi connectivity index (χ3v) is 5.55. The molecule has 1 atom stereocenters. The summed E-state index contributed by atoms with van der Waals surface area (Å²) in [5.74, 6) is 2.26. The Balaban J connectivity index is 1.49. The van der Waals surface area contributed by atoms with Gasteiger partial charge in [-0.25, -0.2) is 0 Å². The molecule has 0 aromatic carbocycles. The fraction of sp³-hybridized carbons (Fsp3) is 0.478. The fourth-order valence-electron chi connectivity index (χ4n) is 4.06. The molecule has 31 heavy (non-hydrogen) atoms. The average molecular weight is 423 g/mol. The monoisotopic (exact) mass is 422 g/mol. The quantitative estimate of drug-likeness (QED) is 0.629. The molecule has 0 radical (unpaired) electrons. The van der Waals surface area contributed by atoms with E-state index >= 15 is 0 Å². The Morgan fingerprint density at radius 1 is 1.16 bits per heavy atom. The number of carbonyl (C=O) groups excluding carboxylic acids is 1. The Morgan fingerprint density at radius 3 is 2.77 bits per heavy atom. The van der Waals surface area contributed by atoms with E-state index in [0.29, 0.717) is 11.7 Å². The number of nitrogens with one attached hydrogen (secondary N) is 1. The first kappa shape index (κ1) is 21.2. The zero-order valence-corrected chi connectivity index (χ0v) is 18.4. The van der Waals surface area contributed by atoms with Crippen LogP contribution in [0.5, 0.6) is 0 Å². The fourth-order valence-corrected chi connectivity index (χ4v) is 4.06. The first-order valence-electron chi connectivity index (χ1n) is 10.9. The van der Waals surface area contributed by atoms with Crippen LogP contribution in [-0.4, -0.2) is 43.6 Å². The summed E-state index contributed by atoms with van der Waals surface area (Å²) in [4.78, 5) is 19.7. The molecule has 8 heteroatoms. The number of aromatic nitrogens is 4. The molecule has 3 aromatic heterocycles. The molecule has 1 amide bonds. The number of pyridine rings is 1. The molecule has 0 saturated carbocycles. The van der Waals surface area contributed by atoms with Crippen molar-refractivity contribution < 1.29 is 9.21 Å². The molecule has 0 bridgehead atoms. The van der Waals surface area contributed by atoms with Crippen LogP contribution >= 0.6 is 0 Å². The van der Waals surface area contributed by atoms with Gasteiger partial charge in [-0.05, 0) is 43.5 Å². The van der Waals surface area contributed by atoms with Crippen molar-refractivity contribution in [1.29, 1.82) is 0 Å². The maximum Gasteiger partial charge on any atom is 0.287 e. The Kier molecular flexibility index (Phi) is 6.46. The number of aryl methyl sites for hydroxylation is 1. The molecular formula is C23H30N6O2. The lowest BCUT2D eigenvalue weighted by molar-refractivity contribution is 0.0900. The Labute approximate surface area is 182 Å². The summed E-state index contributed by atoms with van der Waals surface area (Å²) in [6, 6.07) is 9.32. The summed E-state index contributed by atoms with van der Waals surface area (Å²) in [6.07, 6.45) is 3.11. The van der Waals surface area contributed by atoms with Crippen molar-refractivity contribution in [2.24, 2.45) is 5.92 Å². The predicted molar refractivity (Wildman–Crippen MR) is 116 cm³/mol. The van der Waals surface area contributed by atoms with Crippen molar-refractivity contribution in [3.05, 3.63) is 65.4 Å². The van der Waals surface area contributed by atoms with Gasteiger partial charge in [0.05, 0.1) is 18.0 Å². The first-order chi connectivity index (χ1) is 15.0. The molecule has 0 fully saturated rings. The van der Waals surface area contributed by atoms with Gasteiger partial charge >= 0.3 is 0 Å². The highest BCUT2D eigenvalue weighted by Gasteiger charge is 2.27. The van der Waals surface area contributed by atoms with Crippen molar-refractivity contribution in [3.8, 4) is 0 Å². The lowest BCUT2D eigenvalue weighted by Crippen LogP contribution is -2.32. The minimum absolute atomic E-state index is 0.219. The molecule has 164 valence electrons. The molecule has 1 aliphatic rings. The molecule has 0 saturated heterocycles. The van der Waals surface area contributed by atoms with Crippen molar-refractivity contribution in [1.82, 2.24) is 30.0 Å². The standard InChI is InChI=1S/C23H30N6O2/c1-16(2)14-19(25-23(30)20-8-5-13-31-20)22-27-26-21-9-10-28(11-12-29(21)22)15-18-7-4-6-17(3)24-18/h4-8,13,16,19H,9-12,14-15H2,1-3H3,(H,25,30). The van der Waals surface area contributed by atoms with Crippen LogP contribution < -0.4 is 5.32 Å². The summed E-state index contributed by atoms with van der Waals surface area (Å²) < 4.78 is 7.44. The zero-order valence-electron chi connectivity index (χ0n) is 18.4. The van der Waals surface area contributed by atoms with Crippen LogP contribution in [0, 0.1) is 12.8 Å². The summed E-state index contributed by atoms with van der Waals surface area (Å²) in [5.41, 5.74) is 2.12. The topological polar surface area (TPSA) is 89.1 Å². The van der Waals surface area contributed by atoms with E-state index in [0.717, 1.165) is 62.1 Å². The van der Waals surface area contributed by atoms with Gasteiger partial charge in [0.2, 0.25) is 0 Å². The minimum atomic E-state index is -0.228. The van der Waals surface area contributed by atoms with Gasteiger partial charge < -0.3 is 14.3 Å². The Bertz CT molecular complexity index is 1010. The van der Waals surface area contributed by atoms with Gasteiger partial charge in [0.1, 0.15) is 5.82 Å². The van der Waals surface area contributed by atoms with E-state index in [2.05, 4.69) is 55.9 Å². The number of carbonyl (C=O) groups is 1. The molecule has 4 rings (SSSR count). The third kappa shape index (κ3) is 5.19. The molecule has 1 unspecified atom stereocenters. The van der Waals surface area contributed by atoms with Crippen molar-refractivity contribution in [3.63, 3.8) is 0 Å². The van der Waals surface area contributed by atoms with Gasteiger partial charge in [-0.3, -0.25) is 14.7 Å². The van der Waals surface area contributed by atoms with Gasteiger partial charge in [-0.15, -0.1) is 10.2 Å². The van der Waals surface area contributed by atoms with Crippen LogP contribution in [0.4, 0.5) is 0 Å². The number of fused-ring (bicyclic) bond motifs is 1. The van der Waals surface area contributed by atoms with Crippen LogP contribution in [0.1, 0.15) is 59.9 Å². The van der Waals surface area contributed by atoms with Crippen LogP contribution in [0.3, 0.4) is 0 Å². The van der Waals surface area contributed by atoms with E-state index in [4.69, 9.17) is 4.42 Å². The van der Waals surface area contributed by atoms with Crippen molar-refractivity contribution in [2.45, 2.75) is 52.7 Å². The van der Waals surface area contributed by atoms with Crippen LogP contribution in [0.2, 0.25) is 0 Å². The highest BCUT2D eigenvalue weighted by molar-refractivity contribution is 5.91. The molecule has 3 aromatic rings. The van der Waals surface area contributed by atoms with Crippen LogP contribution in [0.15, 0.2) is 41.0 Å². The normalized spacial score (nSPS) is 15.5. The van der Waals surface area contributed by atoms with E-state index in [1.54, 1.807) is 12.1 Å². The van der Waals surface area contributed by atoms with Gasteiger partial charge in [-0.2, -0.15) is 0 Å². The second kappa shape index (κ2) is 9.43. The zero-order chi connectivity index (χ0) is 21.8. The lowest BCUT2D eigenvalue weighted by Gasteiger charge is -2.22. The predicted octanol–water partition coefficient (Wildman–Crippen LogP) is 3.15. The molecular weight excluding hydrogens is 392 g/mol. The van der Waals surface area contributed by atoms with E-state index < -0.39 is 0 Å². The second-order valence-electron chi connectivity index (χ2n) is 8.56. The number of nitrogens with zero attached hydrogens (tertiary/aromatic N) is 5. The van der Waals surface area contributed by atoms with E-state index in [9.17, 15) is 4.79 Å². The Morgan fingerprint density at radius 2 is 2.03 bits per heavy atom. The second-order valence-corrected chi connectivity index (χ2v) is 8.56. The highest BCUT2D eigenvalue weighted by atomic mass is 16.3. The van der Waals surface area contributed by atoms with Gasteiger partial charge in [0.25, 0.3) is 5.91 Å². The Hall–Kier alpha value is -3.00. The smallest absolute Gasteiger partial charge is 0.287 e. The molecule has 0 spiro atoms. The van der Waals surface area contributed by atoms with Gasteiger partial charge in [0, 0.05) is 38.3 Å². The molecule has 8 nitrogen and oxygen atoms in total. The number of hydrogen-bond donors (Lipinski definition) is 1. The highest BCUT2D eigenvalue weighted by Crippen LogP contribution is 2.23. The SMILES string of the molecule is Cc1cccc(CN2CCc3nnc(C(CC(C)C)NC(=O)c4ccco4)n3CC2)n1. The minimum Gasteiger partial charge on any atom is -0.459 e. The maximum absolute atomic E-state index is 12.6. The number of amides is 1. The summed E-state index contributed by atoms with van der Waals surface area (Å²) in [6.45, 7) is 9.69. The summed E-state index contributed by atoms with van der Waals surface area (Å²) in [5, 5.41) is 12.1. The number of rotatable bonds is 7. The molecule has 4 heterocycles. The van der Waals surface area contributed by atoms with Crippen molar-refractivity contribution >= 4 is 5.91 Å². The largest absolute Gasteiger partial charge is 0.459 e. The molecule has 1 N–H and O–H groups in total. The van der Waals surface area contributed by atoms with Gasteiger partial charge in [0.15, 0.2) is 11.6 Å². The van der Waals surface area contributed by atoms with E-state index in [-0.39, 0.29) is 11.9 Å². The lowest BCUT2D eigenvalue weighted by atomic mass is 10.0. The molecule has 0 aliphatic carbocycles. The molecule has 1 aliphatic heterocycles. The van der Waals surface area contributed by atoms with Crippen LogP contribution in [0.25, 0.3) is 0 Å². The number of hydrogen-bond acceptors (Lipinski definition) is 6. The van der Waals surface area contributed by atoms with Crippen LogP contribution in [-0.2, 0) is 19.5 Å². The van der Waals surface area contributed by atoms with E-state index in [1.165, 1.54) is 6.26 Å². The number of furan rings is 1. The van der Waals surface area contributed by atoms with Gasteiger partial charge in [-0.1, -0.05) is 19.9 Å². The maximum atomic E-state index is 12.6. The summed E-state index contributed by atoms with van der Waals surface area (Å²) in [7, 11) is 0. The van der Waals surface area contributed by atoms with E-state index in [1.807, 2.05) is 13.0 Å². The third-order valence-electron chi connectivity index (χ3n) is 5.55. The average Bonchev–Trinajstić information content (AvgIpc) is 3.36. The summed E-state index contributed by atoms with van der Waals surface area (Å²) >= 11 is 0. The first-order valence-corrected chi connectivity index (χ1v) is 10.9. The van der Waals surface area contributed by atoms with Crippen molar-refractivity contribution in [2.75, 3.05) is 13.1 Å².